The van der Waals surface area contributed by atoms with E-state index in [0.29, 0.717) is 6.54 Å². The molecule has 2 fully saturated rings. The van der Waals surface area contributed by atoms with Gasteiger partial charge in [-0.2, -0.15) is 5.10 Å². The lowest BCUT2D eigenvalue weighted by Crippen LogP contribution is -2.51. The molecule has 194 valence electrons. The van der Waals surface area contributed by atoms with Crippen LogP contribution >= 0.6 is 0 Å². The number of aromatic nitrogens is 5. The number of amides is 1. The van der Waals surface area contributed by atoms with Gasteiger partial charge < -0.3 is 20.1 Å². The van der Waals surface area contributed by atoms with E-state index in [0.717, 1.165) is 78.0 Å². The Morgan fingerprint density at radius 1 is 1.14 bits per heavy atom. The molecule has 0 bridgehead atoms. The van der Waals surface area contributed by atoms with Gasteiger partial charge in [-0.15, -0.1) is 0 Å². The molecule has 2 aliphatic rings. The summed E-state index contributed by atoms with van der Waals surface area (Å²) in [5.74, 6) is 2.25. The van der Waals surface area contributed by atoms with Crippen molar-refractivity contribution in [2.75, 3.05) is 44.2 Å². The number of fused-ring (bicyclic) bond motifs is 2. The van der Waals surface area contributed by atoms with Gasteiger partial charge in [-0.3, -0.25) is 4.79 Å². The van der Waals surface area contributed by atoms with Crippen LogP contribution in [0.2, 0.25) is 0 Å². The van der Waals surface area contributed by atoms with Crippen molar-refractivity contribution >= 4 is 28.4 Å². The van der Waals surface area contributed by atoms with E-state index in [9.17, 15) is 4.79 Å². The van der Waals surface area contributed by atoms with Crippen LogP contribution in [0.25, 0.3) is 27.9 Å². The summed E-state index contributed by atoms with van der Waals surface area (Å²) in [4.78, 5) is 30.1. The highest BCUT2D eigenvalue weighted by atomic mass is 16.2. The number of pyridine rings is 2. The maximum Gasteiger partial charge on any atom is 0.236 e. The van der Waals surface area contributed by atoms with Gasteiger partial charge in [-0.1, -0.05) is 13.8 Å². The number of aromatic amines is 1. The second-order valence-corrected chi connectivity index (χ2v) is 10.9. The molecule has 1 saturated carbocycles. The predicted molar refractivity (Wildman–Crippen MR) is 146 cm³/mol. The Kier molecular flexibility index (Phi) is 6.10. The van der Waals surface area contributed by atoms with E-state index >= 15 is 0 Å². The third kappa shape index (κ3) is 4.45. The number of nitrogens with zero attached hydrogens (tertiary/aromatic N) is 6. The van der Waals surface area contributed by atoms with Gasteiger partial charge >= 0.3 is 0 Å². The van der Waals surface area contributed by atoms with Crippen molar-refractivity contribution in [3.63, 3.8) is 0 Å². The molecule has 9 nitrogen and oxygen atoms in total. The number of nitrogens with one attached hydrogen (secondary N) is 2. The molecule has 4 aromatic heterocycles. The first kappa shape index (κ1) is 23.9. The smallest absolute Gasteiger partial charge is 0.236 e. The minimum atomic E-state index is 0.205. The first-order chi connectivity index (χ1) is 17.9. The third-order valence-corrected chi connectivity index (χ3v) is 8.00. The molecule has 0 aromatic carbocycles. The lowest BCUT2D eigenvalue weighted by molar-refractivity contribution is -0.130. The molecule has 1 aliphatic heterocycles. The van der Waals surface area contributed by atoms with Gasteiger partial charge in [0.25, 0.3) is 0 Å². The molecule has 1 aliphatic carbocycles. The van der Waals surface area contributed by atoms with Crippen LogP contribution in [0.1, 0.15) is 49.3 Å². The standard InChI is InChI=1S/C28H36N8O/c1-17(2)25-26(21-15-36-28(30-16-31-36)19(4)18(21)3)32-22-7-8-23(33-27(22)25)34-9-11-35(12-10-34)24(37)14-29-13-20-5-6-20/h7-8,15-17,20,29,32H,5-6,9-14H2,1-4H3. The largest absolute Gasteiger partial charge is 0.353 e. The van der Waals surface area contributed by atoms with E-state index in [-0.39, 0.29) is 11.8 Å². The predicted octanol–water partition coefficient (Wildman–Crippen LogP) is 3.66. The van der Waals surface area contributed by atoms with Crippen LogP contribution in [0.5, 0.6) is 0 Å². The summed E-state index contributed by atoms with van der Waals surface area (Å²) in [5.41, 5.74) is 8.71. The molecule has 0 radical (unpaired) electrons. The van der Waals surface area contributed by atoms with E-state index in [4.69, 9.17) is 4.98 Å². The molecule has 1 amide bonds. The van der Waals surface area contributed by atoms with Crippen molar-refractivity contribution in [3.8, 4) is 11.3 Å². The number of hydrogen-bond donors (Lipinski definition) is 2. The number of aryl methyl sites for hydroxylation is 1. The van der Waals surface area contributed by atoms with Gasteiger partial charge in [-0.25, -0.2) is 14.5 Å². The average Bonchev–Trinajstić information content (AvgIpc) is 3.45. The SMILES string of the molecule is Cc1c(-c2[nH]c3ccc(N4CCN(C(=O)CNCC5CC5)CC4)nc3c2C(C)C)cn2ncnc2c1C. The summed E-state index contributed by atoms with van der Waals surface area (Å²) in [6.07, 6.45) is 6.27. The Morgan fingerprint density at radius 2 is 1.92 bits per heavy atom. The van der Waals surface area contributed by atoms with Gasteiger partial charge in [0.2, 0.25) is 5.91 Å². The Morgan fingerprint density at radius 3 is 2.65 bits per heavy atom. The lowest BCUT2D eigenvalue weighted by atomic mass is 9.95. The minimum Gasteiger partial charge on any atom is -0.353 e. The fourth-order valence-corrected chi connectivity index (χ4v) is 5.48. The van der Waals surface area contributed by atoms with E-state index in [1.807, 2.05) is 9.42 Å². The summed E-state index contributed by atoms with van der Waals surface area (Å²) in [5, 5.41) is 7.72. The van der Waals surface area contributed by atoms with Gasteiger partial charge in [0, 0.05) is 43.5 Å². The van der Waals surface area contributed by atoms with Crippen LogP contribution in [0.3, 0.4) is 0 Å². The number of anilines is 1. The number of hydrogen-bond acceptors (Lipinski definition) is 6. The summed E-state index contributed by atoms with van der Waals surface area (Å²) in [6, 6.07) is 4.24. The van der Waals surface area contributed by atoms with Crippen molar-refractivity contribution in [1.29, 1.82) is 0 Å². The molecular weight excluding hydrogens is 464 g/mol. The normalized spacial score (nSPS) is 16.5. The Balaban J connectivity index is 1.25. The van der Waals surface area contributed by atoms with Crippen molar-refractivity contribution < 1.29 is 4.79 Å². The van der Waals surface area contributed by atoms with Gasteiger partial charge in [-0.05, 0) is 68.3 Å². The van der Waals surface area contributed by atoms with Crippen LogP contribution in [0.4, 0.5) is 5.82 Å². The molecule has 0 atom stereocenters. The number of H-pyrrole nitrogens is 1. The highest BCUT2D eigenvalue weighted by Gasteiger charge is 2.25. The number of rotatable bonds is 7. The molecule has 9 heteroatoms. The fourth-order valence-electron chi connectivity index (χ4n) is 5.48. The highest BCUT2D eigenvalue weighted by Crippen LogP contribution is 2.38. The maximum absolute atomic E-state index is 12.6. The minimum absolute atomic E-state index is 0.205. The quantitative estimate of drug-likeness (QED) is 0.402. The van der Waals surface area contributed by atoms with Gasteiger partial charge in [0.05, 0.1) is 23.3 Å². The van der Waals surface area contributed by atoms with Crippen molar-refractivity contribution in [2.24, 2.45) is 5.92 Å². The summed E-state index contributed by atoms with van der Waals surface area (Å²) >= 11 is 0. The van der Waals surface area contributed by atoms with E-state index in [1.54, 1.807) is 6.33 Å². The Labute approximate surface area is 217 Å². The van der Waals surface area contributed by atoms with Crippen molar-refractivity contribution in [3.05, 3.63) is 41.3 Å². The summed E-state index contributed by atoms with van der Waals surface area (Å²) < 4.78 is 1.86. The molecule has 2 N–H and O–H groups in total. The van der Waals surface area contributed by atoms with Gasteiger partial charge in [0.15, 0.2) is 5.65 Å². The molecule has 37 heavy (non-hydrogen) atoms. The van der Waals surface area contributed by atoms with Crippen molar-refractivity contribution in [1.82, 2.24) is 34.8 Å². The van der Waals surface area contributed by atoms with Gasteiger partial charge in [0.1, 0.15) is 12.1 Å². The molecule has 4 aromatic rings. The topological polar surface area (TPSA) is 94.5 Å². The Bertz CT molecular complexity index is 1460. The zero-order valence-electron chi connectivity index (χ0n) is 22.2. The van der Waals surface area contributed by atoms with Crippen LogP contribution in [-0.2, 0) is 4.79 Å². The zero-order chi connectivity index (χ0) is 25.7. The van der Waals surface area contributed by atoms with E-state index < -0.39 is 0 Å². The third-order valence-electron chi connectivity index (χ3n) is 8.00. The van der Waals surface area contributed by atoms with Crippen LogP contribution < -0.4 is 10.2 Å². The molecule has 0 spiro atoms. The van der Waals surface area contributed by atoms with E-state index in [1.165, 1.54) is 24.0 Å². The monoisotopic (exact) mass is 500 g/mol. The summed E-state index contributed by atoms with van der Waals surface area (Å²) in [6.45, 7) is 13.2. The van der Waals surface area contributed by atoms with Crippen LogP contribution in [0.15, 0.2) is 24.7 Å². The summed E-state index contributed by atoms with van der Waals surface area (Å²) in [7, 11) is 0. The first-order valence-electron chi connectivity index (χ1n) is 13.5. The van der Waals surface area contributed by atoms with Crippen LogP contribution in [0, 0.1) is 19.8 Å². The lowest BCUT2D eigenvalue weighted by Gasteiger charge is -2.35. The Hall–Kier alpha value is -3.46. The zero-order valence-corrected chi connectivity index (χ0v) is 22.2. The number of piperazine rings is 1. The second kappa shape index (κ2) is 9.45. The fraction of sp³-hybridized carbons (Fsp3) is 0.500. The molecule has 5 heterocycles. The second-order valence-electron chi connectivity index (χ2n) is 10.9. The average molecular weight is 501 g/mol. The number of carbonyl (C=O) groups is 1. The maximum atomic E-state index is 12.6. The molecular formula is C28H36N8O. The van der Waals surface area contributed by atoms with E-state index in [2.05, 4.69) is 71.3 Å². The van der Waals surface area contributed by atoms with Crippen molar-refractivity contribution in [2.45, 2.75) is 46.5 Å². The molecule has 1 saturated heterocycles. The number of carbonyl (C=O) groups excluding carboxylic acids is 1. The molecule has 6 rings (SSSR count). The molecule has 0 unspecified atom stereocenters. The first-order valence-corrected chi connectivity index (χ1v) is 13.5. The highest BCUT2D eigenvalue weighted by molar-refractivity contribution is 5.90. The van der Waals surface area contributed by atoms with Crippen LogP contribution in [-0.4, -0.2) is 74.6 Å².